The van der Waals surface area contributed by atoms with E-state index in [2.05, 4.69) is 30.1 Å². The average molecular weight is 510 g/mol. The molecule has 0 aliphatic heterocycles. The van der Waals surface area contributed by atoms with E-state index in [4.69, 9.17) is 0 Å². The quantitative estimate of drug-likeness (QED) is 0.314. The SMILES string of the molecule is Cn1ccc(-c2nc3nccc(-c4ccc(CNC(=O)c5ccc(OC(F)(F)F)cc5)c(F)c4)c3[nH]2)n1. The van der Waals surface area contributed by atoms with Crippen LogP contribution in [-0.4, -0.2) is 37.0 Å². The van der Waals surface area contributed by atoms with Crippen LogP contribution in [0, 0.1) is 5.82 Å². The molecule has 12 heteroatoms. The van der Waals surface area contributed by atoms with E-state index in [9.17, 15) is 22.4 Å². The van der Waals surface area contributed by atoms with Crippen molar-refractivity contribution in [3.8, 4) is 28.4 Å². The number of pyridine rings is 1. The highest BCUT2D eigenvalue weighted by molar-refractivity contribution is 5.94. The average Bonchev–Trinajstić information content (AvgIpc) is 3.48. The Hall–Kier alpha value is -4.74. The summed E-state index contributed by atoms with van der Waals surface area (Å²) in [5, 5.41) is 6.89. The van der Waals surface area contributed by atoms with Crippen molar-refractivity contribution in [2.24, 2.45) is 7.05 Å². The monoisotopic (exact) mass is 510 g/mol. The van der Waals surface area contributed by atoms with Gasteiger partial charge in [0.05, 0.1) is 5.52 Å². The van der Waals surface area contributed by atoms with Gasteiger partial charge in [-0.2, -0.15) is 5.10 Å². The second-order valence-corrected chi connectivity index (χ2v) is 8.08. The molecule has 5 rings (SSSR count). The molecule has 0 radical (unpaired) electrons. The second kappa shape index (κ2) is 9.37. The van der Waals surface area contributed by atoms with Crippen LogP contribution in [0.2, 0.25) is 0 Å². The molecule has 0 unspecified atom stereocenters. The van der Waals surface area contributed by atoms with Crippen LogP contribution < -0.4 is 10.1 Å². The molecule has 8 nitrogen and oxygen atoms in total. The molecular formula is C25H18F4N6O2. The van der Waals surface area contributed by atoms with Gasteiger partial charge in [0.25, 0.3) is 5.91 Å². The third-order valence-electron chi connectivity index (χ3n) is 5.50. The molecule has 2 aromatic carbocycles. The van der Waals surface area contributed by atoms with Gasteiger partial charge in [-0.05, 0) is 48.0 Å². The van der Waals surface area contributed by atoms with Crippen molar-refractivity contribution >= 4 is 17.1 Å². The van der Waals surface area contributed by atoms with Crippen molar-refractivity contribution in [1.29, 1.82) is 0 Å². The van der Waals surface area contributed by atoms with Gasteiger partial charge in [-0.3, -0.25) is 9.48 Å². The van der Waals surface area contributed by atoms with E-state index in [-0.39, 0.29) is 17.7 Å². The number of carbonyl (C=O) groups is 1. The van der Waals surface area contributed by atoms with Gasteiger partial charge >= 0.3 is 6.36 Å². The van der Waals surface area contributed by atoms with Crippen molar-refractivity contribution in [1.82, 2.24) is 30.0 Å². The summed E-state index contributed by atoms with van der Waals surface area (Å²) < 4.78 is 57.2. The van der Waals surface area contributed by atoms with Crippen LogP contribution in [0.4, 0.5) is 17.6 Å². The van der Waals surface area contributed by atoms with Gasteiger partial charge < -0.3 is 15.0 Å². The Morgan fingerprint density at radius 1 is 1.11 bits per heavy atom. The highest BCUT2D eigenvalue weighted by Crippen LogP contribution is 2.29. The number of H-pyrrole nitrogens is 1. The fourth-order valence-electron chi connectivity index (χ4n) is 3.76. The summed E-state index contributed by atoms with van der Waals surface area (Å²) in [6, 6.07) is 12.6. The molecule has 3 aromatic heterocycles. The summed E-state index contributed by atoms with van der Waals surface area (Å²) in [7, 11) is 1.80. The Morgan fingerprint density at radius 2 is 1.89 bits per heavy atom. The molecule has 0 atom stereocenters. The second-order valence-electron chi connectivity index (χ2n) is 8.08. The number of hydrogen-bond donors (Lipinski definition) is 2. The van der Waals surface area contributed by atoms with E-state index in [0.29, 0.717) is 33.8 Å². The number of benzene rings is 2. The number of aromatic nitrogens is 5. The normalized spacial score (nSPS) is 11.6. The van der Waals surface area contributed by atoms with Gasteiger partial charge in [0, 0.05) is 42.7 Å². The lowest BCUT2D eigenvalue weighted by atomic mass is 10.0. The summed E-state index contributed by atoms with van der Waals surface area (Å²) in [5.74, 6) is -1.02. The number of ether oxygens (including phenoxy) is 1. The lowest BCUT2D eigenvalue weighted by molar-refractivity contribution is -0.274. The van der Waals surface area contributed by atoms with Crippen molar-refractivity contribution in [3.05, 3.63) is 83.9 Å². The minimum atomic E-state index is -4.83. The standard InChI is InChI=1S/C25H18F4N6O2/c1-35-11-9-20(34-35)22-32-21-18(8-10-30-23(21)33-22)15-2-3-16(19(26)12-15)13-31-24(36)14-4-6-17(7-5-14)37-25(27,28)29/h2-12H,13H2,1H3,(H,31,36)(H,30,32,33). The van der Waals surface area contributed by atoms with Crippen LogP contribution >= 0.6 is 0 Å². The Labute approximate surface area is 206 Å². The number of aryl methyl sites for hydroxylation is 1. The van der Waals surface area contributed by atoms with Crippen LogP contribution in [0.25, 0.3) is 33.8 Å². The number of imidazole rings is 1. The maximum atomic E-state index is 14.9. The van der Waals surface area contributed by atoms with Crippen molar-refractivity contribution < 1.29 is 27.1 Å². The smallest absolute Gasteiger partial charge is 0.406 e. The number of alkyl halides is 3. The van der Waals surface area contributed by atoms with Crippen LogP contribution in [0.15, 0.2) is 67.0 Å². The van der Waals surface area contributed by atoms with Crippen molar-refractivity contribution in [2.75, 3.05) is 0 Å². The van der Waals surface area contributed by atoms with E-state index >= 15 is 0 Å². The minimum absolute atomic E-state index is 0.105. The van der Waals surface area contributed by atoms with E-state index in [1.807, 2.05) is 6.07 Å². The summed E-state index contributed by atoms with van der Waals surface area (Å²) in [6.45, 7) is -0.120. The molecule has 0 aliphatic carbocycles. The molecule has 0 saturated carbocycles. The van der Waals surface area contributed by atoms with Gasteiger partial charge in [-0.25, -0.2) is 14.4 Å². The van der Waals surface area contributed by atoms with Crippen LogP contribution in [0.1, 0.15) is 15.9 Å². The Morgan fingerprint density at radius 3 is 2.57 bits per heavy atom. The molecule has 0 aliphatic rings. The maximum absolute atomic E-state index is 14.9. The molecule has 0 bridgehead atoms. The number of fused-ring (bicyclic) bond motifs is 1. The molecular weight excluding hydrogens is 492 g/mol. The Balaban J connectivity index is 1.31. The largest absolute Gasteiger partial charge is 0.573 e. The van der Waals surface area contributed by atoms with E-state index in [0.717, 1.165) is 12.1 Å². The molecule has 3 heterocycles. The number of hydrogen-bond acceptors (Lipinski definition) is 5. The highest BCUT2D eigenvalue weighted by atomic mass is 19.4. The number of aromatic amines is 1. The molecule has 188 valence electrons. The van der Waals surface area contributed by atoms with Gasteiger partial charge in [0.2, 0.25) is 0 Å². The lowest BCUT2D eigenvalue weighted by Crippen LogP contribution is -2.23. The Kier molecular flexibility index (Phi) is 6.07. The molecule has 0 fully saturated rings. The number of rotatable bonds is 6. The topological polar surface area (TPSA) is 97.7 Å². The summed E-state index contributed by atoms with van der Waals surface area (Å²) >= 11 is 0. The van der Waals surface area contributed by atoms with Crippen molar-refractivity contribution in [2.45, 2.75) is 12.9 Å². The first-order valence-corrected chi connectivity index (χ1v) is 10.9. The zero-order chi connectivity index (χ0) is 26.2. The third kappa shape index (κ3) is 5.27. The highest BCUT2D eigenvalue weighted by Gasteiger charge is 2.31. The van der Waals surface area contributed by atoms with Crippen LogP contribution in [-0.2, 0) is 13.6 Å². The molecule has 0 spiro atoms. The van der Waals surface area contributed by atoms with Gasteiger partial charge in [-0.15, -0.1) is 13.2 Å². The summed E-state index contributed by atoms with van der Waals surface area (Å²) in [6.07, 6.45) is -1.45. The fraction of sp³-hybridized carbons (Fsp3) is 0.120. The first-order chi connectivity index (χ1) is 17.7. The Bertz CT molecular complexity index is 1590. The predicted molar refractivity (Wildman–Crippen MR) is 126 cm³/mol. The lowest BCUT2D eigenvalue weighted by Gasteiger charge is -2.10. The number of carbonyl (C=O) groups excluding carboxylic acids is 1. The van der Waals surface area contributed by atoms with Crippen LogP contribution in [0.5, 0.6) is 5.75 Å². The molecule has 2 N–H and O–H groups in total. The molecule has 0 saturated heterocycles. The molecule has 5 aromatic rings. The fourth-order valence-corrected chi connectivity index (χ4v) is 3.76. The van der Waals surface area contributed by atoms with Crippen LogP contribution in [0.3, 0.4) is 0 Å². The van der Waals surface area contributed by atoms with Gasteiger partial charge in [0.1, 0.15) is 17.3 Å². The van der Waals surface area contributed by atoms with Gasteiger partial charge in [0.15, 0.2) is 11.5 Å². The number of amides is 1. The molecule has 1 amide bonds. The predicted octanol–water partition coefficient (Wildman–Crippen LogP) is 4.99. The number of halogens is 4. The molecule has 37 heavy (non-hydrogen) atoms. The third-order valence-corrected chi connectivity index (χ3v) is 5.50. The first-order valence-electron chi connectivity index (χ1n) is 10.9. The zero-order valence-electron chi connectivity index (χ0n) is 19.2. The zero-order valence-corrected chi connectivity index (χ0v) is 19.2. The maximum Gasteiger partial charge on any atom is 0.573 e. The van der Waals surface area contributed by atoms with E-state index in [1.165, 1.54) is 18.2 Å². The first kappa shape index (κ1) is 24.0. The number of nitrogens with zero attached hydrogens (tertiary/aromatic N) is 4. The number of nitrogens with one attached hydrogen (secondary N) is 2. The minimum Gasteiger partial charge on any atom is -0.406 e. The van der Waals surface area contributed by atoms with E-state index in [1.54, 1.807) is 42.3 Å². The van der Waals surface area contributed by atoms with E-state index < -0.39 is 23.8 Å². The van der Waals surface area contributed by atoms with Gasteiger partial charge in [-0.1, -0.05) is 12.1 Å². The van der Waals surface area contributed by atoms with Crippen molar-refractivity contribution in [3.63, 3.8) is 0 Å². The summed E-state index contributed by atoms with van der Waals surface area (Å²) in [4.78, 5) is 24.3. The summed E-state index contributed by atoms with van der Waals surface area (Å²) in [5.41, 5.74) is 3.34.